The van der Waals surface area contributed by atoms with E-state index < -0.39 is 5.60 Å². The lowest BCUT2D eigenvalue weighted by Crippen LogP contribution is -2.32. The minimum Gasteiger partial charge on any atom is -0.387 e. The van der Waals surface area contributed by atoms with Crippen molar-refractivity contribution in [3.63, 3.8) is 0 Å². The van der Waals surface area contributed by atoms with Crippen LogP contribution in [0.4, 0.5) is 0 Å². The molecule has 1 aromatic carbocycles. The second-order valence-corrected chi connectivity index (χ2v) is 4.65. The highest BCUT2D eigenvalue weighted by Gasteiger charge is 2.20. The van der Waals surface area contributed by atoms with Crippen LogP contribution < -0.4 is 0 Å². The highest BCUT2D eigenvalue weighted by molar-refractivity contribution is 9.10. The Balaban J connectivity index is 2.68. The molecular weight excluding hydrogens is 244 g/mol. The van der Waals surface area contributed by atoms with Crippen molar-refractivity contribution >= 4 is 15.9 Å². The van der Waals surface area contributed by atoms with Gasteiger partial charge in [-0.25, -0.2) is 0 Å². The summed E-state index contributed by atoms with van der Waals surface area (Å²) in [7, 11) is 1.59. The third kappa shape index (κ3) is 3.78. The largest absolute Gasteiger partial charge is 0.387 e. The summed E-state index contributed by atoms with van der Waals surface area (Å²) < 4.78 is 5.98. The van der Waals surface area contributed by atoms with Crippen molar-refractivity contribution in [1.82, 2.24) is 0 Å². The van der Waals surface area contributed by atoms with Gasteiger partial charge in [-0.3, -0.25) is 0 Å². The number of aliphatic hydroxyl groups is 1. The third-order valence-electron chi connectivity index (χ3n) is 1.93. The number of benzene rings is 1. The fourth-order valence-electron chi connectivity index (χ4n) is 1.45. The van der Waals surface area contributed by atoms with E-state index in [4.69, 9.17) is 4.74 Å². The average molecular weight is 259 g/mol. The van der Waals surface area contributed by atoms with Gasteiger partial charge in [0.1, 0.15) is 0 Å². The molecule has 2 nitrogen and oxygen atoms in total. The molecule has 0 aromatic heterocycles. The van der Waals surface area contributed by atoms with E-state index in [0.29, 0.717) is 13.0 Å². The molecule has 0 aliphatic rings. The van der Waals surface area contributed by atoms with Gasteiger partial charge in [0.2, 0.25) is 0 Å². The molecule has 0 amide bonds. The van der Waals surface area contributed by atoms with Gasteiger partial charge in [-0.05, 0) is 24.6 Å². The van der Waals surface area contributed by atoms with Crippen LogP contribution in [0.5, 0.6) is 0 Å². The zero-order valence-corrected chi connectivity index (χ0v) is 10.0. The van der Waals surface area contributed by atoms with Crippen molar-refractivity contribution in [2.24, 2.45) is 0 Å². The lowest BCUT2D eigenvalue weighted by molar-refractivity contribution is -0.0161. The monoisotopic (exact) mass is 258 g/mol. The number of methoxy groups -OCH3 is 1. The fraction of sp³-hybridized carbons (Fsp3) is 0.455. The first kappa shape index (κ1) is 11.7. The van der Waals surface area contributed by atoms with Gasteiger partial charge >= 0.3 is 0 Å². The van der Waals surface area contributed by atoms with Crippen molar-refractivity contribution in [3.8, 4) is 0 Å². The van der Waals surface area contributed by atoms with Crippen LogP contribution >= 0.6 is 15.9 Å². The maximum absolute atomic E-state index is 9.92. The fourth-order valence-corrected chi connectivity index (χ4v) is 1.90. The van der Waals surface area contributed by atoms with Gasteiger partial charge < -0.3 is 9.84 Å². The molecule has 0 heterocycles. The Hall–Kier alpha value is -0.380. The molecule has 1 atom stereocenters. The van der Waals surface area contributed by atoms with Crippen LogP contribution in [-0.2, 0) is 11.2 Å². The van der Waals surface area contributed by atoms with Gasteiger partial charge in [0, 0.05) is 18.0 Å². The Morgan fingerprint density at radius 3 is 2.79 bits per heavy atom. The normalized spacial score (nSPS) is 15.1. The van der Waals surface area contributed by atoms with E-state index in [1.54, 1.807) is 14.0 Å². The minimum atomic E-state index is -0.796. The van der Waals surface area contributed by atoms with Crippen molar-refractivity contribution in [2.45, 2.75) is 18.9 Å². The van der Waals surface area contributed by atoms with Crippen LogP contribution in [0.3, 0.4) is 0 Å². The molecule has 1 unspecified atom stereocenters. The predicted molar refractivity (Wildman–Crippen MR) is 60.3 cm³/mol. The molecule has 0 fully saturated rings. The summed E-state index contributed by atoms with van der Waals surface area (Å²) >= 11 is 3.40. The summed E-state index contributed by atoms with van der Waals surface area (Å²) in [5.74, 6) is 0. The molecule has 1 aromatic rings. The van der Waals surface area contributed by atoms with Gasteiger partial charge in [-0.15, -0.1) is 0 Å². The Morgan fingerprint density at radius 1 is 1.50 bits per heavy atom. The molecule has 14 heavy (non-hydrogen) atoms. The zero-order chi connectivity index (χ0) is 10.6. The van der Waals surface area contributed by atoms with E-state index in [9.17, 15) is 5.11 Å². The quantitative estimate of drug-likeness (QED) is 0.899. The molecule has 78 valence electrons. The van der Waals surface area contributed by atoms with Gasteiger partial charge in [-0.2, -0.15) is 0 Å². The van der Waals surface area contributed by atoms with Crippen molar-refractivity contribution in [1.29, 1.82) is 0 Å². The average Bonchev–Trinajstić information content (AvgIpc) is 2.02. The van der Waals surface area contributed by atoms with Gasteiger partial charge in [0.05, 0.1) is 12.2 Å². The topological polar surface area (TPSA) is 29.5 Å². The van der Waals surface area contributed by atoms with Crippen molar-refractivity contribution in [2.75, 3.05) is 13.7 Å². The molecule has 0 bridgehead atoms. The molecule has 0 saturated heterocycles. The first-order valence-electron chi connectivity index (χ1n) is 4.49. The molecule has 0 saturated carbocycles. The molecule has 0 spiro atoms. The molecule has 0 aliphatic heterocycles. The van der Waals surface area contributed by atoms with E-state index in [-0.39, 0.29) is 0 Å². The SMILES string of the molecule is COCC(C)(O)Cc1cccc(Br)c1. The van der Waals surface area contributed by atoms with E-state index in [1.165, 1.54) is 0 Å². The van der Waals surface area contributed by atoms with Crippen molar-refractivity contribution < 1.29 is 9.84 Å². The number of ether oxygens (including phenoxy) is 1. The molecule has 1 rings (SSSR count). The summed E-state index contributed by atoms with van der Waals surface area (Å²) in [5, 5.41) is 9.92. The summed E-state index contributed by atoms with van der Waals surface area (Å²) in [5.41, 5.74) is 0.302. The second-order valence-electron chi connectivity index (χ2n) is 3.74. The van der Waals surface area contributed by atoms with E-state index >= 15 is 0 Å². The van der Waals surface area contributed by atoms with E-state index in [0.717, 1.165) is 10.0 Å². The molecule has 1 N–H and O–H groups in total. The van der Waals surface area contributed by atoms with Gasteiger partial charge in [0.25, 0.3) is 0 Å². The van der Waals surface area contributed by atoms with Gasteiger partial charge in [-0.1, -0.05) is 28.1 Å². The number of rotatable bonds is 4. The first-order chi connectivity index (χ1) is 6.53. The van der Waals surface area contributed by atoms with Crippen LogP contribution in [0.1, 0.15) is 12.5 Å². The predicted octanol–water partition coefficient (Wildman–Crippen LogP) is 2.39. The molecular formula is C11H15BrO2. The number of hydrogen-bond donors (Lipinski definition) is 1. The highest BCUT2D eigenvalue weighted by Crippen LogP contribution is 2.17. The Labute approximate surface area is 93.0 Å². The van der Waals surface area contributed by atoms with Crippen LogP contribution in [-0.4, -0.2) is 24.4 Å². The second kappa shape index (κ2) is 4.91. The molecule has 0 radical (unpaired) electrons. The van der Waals surface area contributed by atoms with E-state index in [1.807, 2.05) is 24.3 Å². The van der Waals surface area contributed by atoms with Crippen LogP contribution in [0.25, 0.3) is 0 Å². The highest BCUT2D eigenvalue weighted by atomic mass is 79.9. The van der Waals surface area contributed by atoms with Crippen molar-refractivity contribution in [3.05, 3.63) is 34.3 Å². The lowest BCUT2D eigenvalue weighted by atomic mass is 9.98. The zero-order valence-electron chi connectivity index (χ0n) is 8.46. The minimum absolute atomic E-state index is 0.347. The Kier molecular flexibility index (Phi) is 4.11. The number of halogens is 1. The first-order valence-corrected chi connectivity index (χ1v) is 5.28. The standard InChI is InChI=1S/C11H15BrO2/c1-11(13,8-14-2)7-9-4-3-5-10(12)6-9/h3-6,13H,7-8H2,1-2H3. The maximum Gasteiger partial charge on any atom is 0.0892 e. The smallest absolute Gasteiger partial charge is 0.0892 e. The summed E-state index contributed by atoms with van der Waals surface area (Å²) in [6, 6.07) is 7.93. The molecule has 0 aliphatic carbocycles. The van der Waals surface area contributed by atoms with E-state index in [2.05, 4.69) is 15.9 Å². The lowest BCUT2D eigenvalue weighted by Gasteiger charge is -2.22. The summed E-state index contributed by atoms with van der Waals surface area (Å²) in [4.78, 5) is 0. The summed E-state index contributed by atoms with van der Waals surface area (Å²) in [6.45, 7) is 2.12. The summed E-state index contributed by atoms with van der Waals surface area (Å²) in [6.07, 6.45) is 0.597. The van der Waals surface area contributed by atoms with Crippen LogP contribution in [0, 0.1) is 0 Å². The van der Waals surface area contributed by atoms with Crippen LogP contribution in [0.15, 0.2) is 28.7 Å². The third-order valence-corrected chi connectivity index (χ3v) is 2.42. The van der Waals surface area contributed by atoms with Crippen LogP contribution in [0.2, 0.25) is 0 Å². The molecule has 3 heteroatoms. The Morgan fingerprint density at radius 2 is 2.21 bits per heavy atom. The number of hydrogen-bond acceptors (Lipinski definition) is 2. The Bertz CT molecular complexity index is 297. The van der Waals surface area contributed by atoms with Gasteiger partial charge in [0.15, 0.2) is 0 Å². The maximum atomic E-state index is 9.92.